The number of nitrogens with zero attached hydrogens (tertiary/aromatic N) is 4. The monoisotopic (exact) mass is 914 g/mol. The van der Waals surface area contributed by atoms with E-state index in [4.69, 9.17) is 13.8 Å². The Kier molecular flexibility index (Phi) is 12.3. The Morgan fingerprint density at radius 3 is 1.36 bits per heavy atom. The van der Waals surface area contributed by atoms with Crippen LogP contribution in [0.4, 0.5) is 0 Å². The zero-order valence-corrected chi connectivity index (χ0v) is 41.5. The molecular weight excluding hydrogens is 857 g/mol. The molecule has 6 nitrogen and oxygen atoms in total. The summed E-state index contributed by atoms with van der Waals surface area (Å²) in [6.07, 6.45) is 0. The number of imidazole rings is 2. The molecule has 0 spiro atoms. The largest absolute Gasteiger partial charge is 0.456 e. The van der Waals surface area contributed by atoms with Gasteiger partial charge in [0.25, 0.3) is 0 Å². The third kappa shape index (κ3) is 8.81. The lowest BCUT2D eigenvalue weighted by atomic mass is 10.1. The molecule has 0 radical (unpaired) electrons. The third-order valence-corrected chi connectivity index (χ3v) is 13.2. The van der Waals surface area contributed by atoms with E-state index in [1.54, 1.807) is 0 Å². The molecule has 5 heterocycles. The van der Waals surface area contributed by atoms with Gasteiger partial charge in [0.1, 0.15) is 22.3 Å². The molecule has 0 amide bonds. The van der Waals surface area contributed by atoms with Crippen LogP contribution in [-0.4, -0.2) is 18.5 Å². The fraction of sp³-hybridized carbons (Fsp3) is 0.141. The SMILES string of the molecule is Cc1ccc2c(c1)n1c3ccccc3nc1n2C.Cc1ccc2oc3c(C)cccc3c2c1.Cc1ccc2oc3ccc(C)cc3c2c1.Cc1cccc(C)c1.Cn1c2ccccc2c2ccccc21. The molecule has 14 aromatic rings. The average Bonchev–Trinajstić information content (AvgIpc) is 4.16. The number of hydrogen-bond donors (Lipinski definition) is 0. The number of para-hydroxylation sites is 5. The molecule has 0 N–H and O–H groups in total. The van der Waals surface area contributed by atoms with E-state index in [-0.39, 0.29) is 0 Å². The fourth-order valence-electron chi connectivity index (χ4n) is 9.66. The minimum atomic E-state index is 0.973. The highest BCUT2D eigenvalue weighted by Gasteiger charge is 2.14. The molecule has 346 valence electrons. The van der Waals surface area contributed by atoms with Crippen molar-refractivity contribution in [2.24, 2.45) is 14.1 Å². The standard InChI is InChI=1S/C15H13N3.2C14H12O.C13H11N.C8H10/c1-10-7-8-13-14(9-10)18-12-6-4-3-5-11(12)16-15(18)17(13)2;1-9-3-5-13-11(7-9)12-8-10(2)4-6-14(12)15-13;1-9-6-7-13-12(8-9)11-5-3-4-10(2)14(11)15-13;1-14-12-8-4-2-6-10(12)11-7-3-5-9-13(11)14;1-7-4-3-5-8(2)6-7/h3-9H,1-2H3;2*3-8H,1-2H3;2-9H,1H3;3-6H,1-2H3. The van der Waals surface area contributed by atoms with Crippen molar-refractivity contribution in [1.82, 2.24) is 18.5 Å². The van der Waals surface area contributed by atoms with Crippen molar-refractivity contribution in [2.45, 2.75) is 48.5 Å². The summed E-state index contributed by atoms with van der Waals surface area (Å²) in [5.74, 6) is 0.997. The average molecular weight is 915 g/mol. The molecule has 0 aliphatic rings. The summed E-state index contributed by atoms with van der Waals surface area (Å²) < 4.78 is 18.2. The molecule has 0 saturated carbocycles. The first-order valence-electron chi connectivity index (χ1n) is 24.0. The van der Waals surface area contributed by atoms with Crippen LogP contribution in [0, 0.1) is 48.5 Å². The number of benzene rings is 9. The molecule has 5 aromatic heterocycles. The summed E-state index contributed by atoms with van der Waals surface area (Å²) >= 11 is 0. The third-order valence-electron chi connectivity index (χ3n) is 13.2. The summed E-state index contributed by atoms with van der Waals surface area (Å²) in [6, 6.07) is 65.5. The van der Waals surface area contributed by atoms with Crippen LogP contribution in [-0.2, 0) is 14.1 Å². The van der Waals surface area contributed by atoms with Crippen LogP contribution >= 0.6 is 0 Å². The van der Waals surface area contributed by atoms with Gasteiger partial charge in [0.2, 0.25) is 5.78 Å². The van der Waals surface area contributed by atoms with Gasteiger partial charge in [-0.1, -0.05) is 143 Å². The van der Waals surface area contributed by atoms with Crippen LogP contribution in [0.2, 0.25) is 0 Å². The lowest BCUT2D eigenvalue weighted by Crippen LogP contribution is -1.87. The van der Waals surface area contributed by atoms with Crippen molar-refractivity contribution in [1.29, 1.82) is 0 Å². The Hall–Kier alpha value is -8.35. The van der Waals surface area contributed by atoms with E-state index >= 15 is 0 Å². The van der Waals surface area contributed by atoms with E-state index in [2.05, 4.69) is 240 Å². The Balaban J connectivity index is 0.000000103. The Morgan fingerprint density at radius 2 is 0.786 bits per heavy atom. The van der Waals surface area contributed by atoms with Crippen molar-refractivity contribution in [2.75, 3.05) is 0 Å². The minimum absolute atomic E-state index is 0.973. The van der Waals surface area contributed by atoms with Crippen molar-refractivity contribution in [3.63, 3.8) is 0 Å². The minimum Gasteiger partial charge on any atom is -0.456 e. The van der Waals surface area contributed by atoms with Gasteiger partial charge >= 0.3 is 0 Å². The normalized spacial score (nSPS) is 11.2. The van der Waals surface area contributed by atoms with Crippen LogP contribution in [0.1, 0.15) is 38.9 Å². The van der Waals surface area contributed by atoms with Crippen LogP contribution in [0.5, 0.6) is 0 Å². The van der Waals surface area contributed by atoms with Gasteiger partial charge < -0.3 is 18.0 Å². The van der Waals surface area contributed by atoms with Crippen molar-refractivity contribution >= 4 is 93.5 Å². The van der Waals surface area contributed by atoms with Crippen molar-refractivity contribution in [3.05, 3.63) is 227 Å². The lowest BCUT2D eigenvalue weighted by molar-refractivity contribution is 0.665. The van der Waals surface area contributed by atoms with E-state index in [0.717, 1.165) is 33.6 Å². The summed E-state index contributed by atoms with van der Waals surface area (Å²) in [7, 11) is 4.18. The molecule has 0 bridgehead atoms. The first-order chi connectivity index (χ1) is 33.9. The number of furan rings is 2. The van der Waals surface area contributed by atoms with Gasteiger partial charge in [-0.2, -0.15) is 0 Å². The molecular formula is C64H58N4O2. The predicted molar refractivity (Wildman–Crippen MR) is 297 cm³/mol. The molecule has 0 unspecified atom stereocenters. The second-order valence-corrected chi connectivity index (χ2v) is 18.7. The van der Waals surface area contributed by atoms with Gasteiger partial charge in [-0.3, -0.25) is 4.40 Å². The highest BCUT2D eigenvalue weighted by atomic mass is 16.3. The van der Waals surface area contributed by atoms with Gasteiger partial charge in [-0.05, 0) is 132 Å². The molecule has 0 fully saturated rings. The highest BCUT2D eigenvalue weighted by Crippen LogP contribution is 2.33. The van der Waals surface area contributed by atoms with Crippen molar-refractivity contribution in [3.8, 4) is 0 Å². The number of aryl methyl sites for hydroxylation is 9. The van der Waals surface area contributed by atoms with Gasteiger partial charge in [-0.25, -0.2) is 4.98 Å². The van der Waals surface area contributed by atoms with E-state index in [0.29, 0.717) is 0 Å². The Labute approximate surface area is 408 Å². The van der Waals surface area contributed by atoms with Gasteiger partial charge in [-0.15, -0.1) is 0 Å². The van der Waals surface area contributed by atoms with Crippen LogP contribution in [0.15, 0.2) is 197 Å². The maximum atomic E-state index is 5.84. The second-order valence-electron chi connectivity index (χ2n) is 18.7. The topological polar surface area (TPSA) is 53.4 Å². The van der Waals surface area contributed by atoms with Crippen molar-refractivity contribution < 1.29 is 8.83 Å². The van der Waals surface area contributed by atoms with Crippen LogP contribution < -0.4 is 0 Å². The highest BCUT2D eigenvalue weighted by molar-refractivity contribution is 6.08. The van der Waals surface area contributed by atoms with Crippen LogP contribution in [0.25, 0.3) is 93.5 Å². The molecule has 9 aromatic carbocycles. The molecule has 0 atom stereocenters. The maximum Gasteiger partial charge on any atom is 0.215 e. The zero-order chi connectivity index (χ0) is 48.6. The summed E-state index contributed by atoms with van der Waals surface area (Å²) in [4.78, 5) is 4.71. The number of aromatic nitrogens is 4. The van der Waals surface area contributed by atoms with Crippen LogP contribution in [0.3, 0.4) is 0 Å². The Morgan fingerprint density at radius 1 is 0.329 bits per heavy atom. The zero-order valence-electron chi connectivity index (χ0n) is 41.5. The first kappa shape index (κ1) is 45.4. The first-order valence-corrected chi connectivity index (χ1v) is 24.0. The lowest BCUT2D eigenvalue weighted by Gasteiger charge is -1.97. The molecule has 0 saturated heterocycles. The molecule has 14 rings (SSSR count). The van der Waals surface area contributed by atoms with E-state index in [1.807, 2.05) is 24.3 Å². The second kappa shape index (κ2) is 19.0. The van der Waals surface area contributed by atoms with E-state index in [9.17, 15) is 0 Å². The summed E-state index contributed by atoms with van der Waals surface area (Å²) in [5.41, 5.74) is 20.1. The maximum absolute atomic E-state index is 5.84. The van der Waals surface area contributed by atoms with Gasteiger partial charge in [0.15, 0.2) is 0 Å². The number of fused-ring (bicyclic) bond motifs is 14. The smallest absolute Gasteiger partial charge is 0.215 e. The van der Waals surface area contributed by atoms with Gasteiger partial charge in [0.05, 0.1) is 22.1 Å². The molecule has 0 aliphatic carbocycles. The fourth-order valence-corrected chi connectivity index (χ4v) is 9.66. The Bertz CT molecular complexity index is 4050. The molecule has 6 heteroatoms. The number of rotatable bonds is 0. The predicted octanol–water partition coefficient (Wildman–Crippen LogP) is 17.3. The van der Waals surface area contributed by atoms with E-state index in [1.165, 1.54) is 98.8 Å². The summed E-state index contributed by atoms with van der Waals surface area (Å²) in [5, 5.41) is 7.54. The van der Waals surface area contributed by atoms with Gasteiger partial charge in [0, 0.05) is 57.4 Å². The number of hydrogen-bond acceptors (Lipinski definition) is 3. The molecule has 0 aliphatic heterocycles. The molecule has 70 heavy (non-hydrogen) atoms. The van der Waals surface area contributed by atoms with E-state index < -0.39 is 0 Å². The quantitative estimate of drug-likeness (QED) is 0.152. The summed E-state index contributed by atoms with van der Waals surface area (Å²) in [6.45, 7) is 14.7.